The molecule has 0 saturated heterocycles. The van der Waals surface area contributed by atoms with Gasteiger partial charge in [0.05, 0.1) is 0 Å². The number of Topliss-reactive ketones (excluding diaryl/α,β-unsaturated/α-hetero) is 1. The van der Waals surface area contributed by atoms with E-state index in [4.69, 9.17) is 0 Å². The first kappa shape index (κ1) is 13.9. The minimum absolute atomic E-state index is 0.238. The van der Waals surface area contributed by atoms with E-state index in [9.17, 15) is 4.79 Å². The van der Waals surface area contributed by atoms with Crippen LogP contribution in [-0.4, -0.2) is 30.8 Å². The fourth-order valence-electron chi connectivity index (χ4n) is 1.65. The van der Waals surface area contributed by atoms with Gasteiger partial charge in [-0.2, -0.15) is 0 Å². The molecule has 0 aromatic heterocycles. The van der Waals surface area contributed by atoms with Gasteiger partial charge in [0.2, 0.25) is 0 Å². The van der Waals surface area contributed by atoms with E-state index in [1.807, 2.05) is 30.3 Å². The zero-order valence-electron chi connectivity index (χ0n) is 11.1. The van der Waals surface area contributed by atoms with E-state index in [1.54, 1.807) is 0 Å². The minimum atomic E-state index is 0.238. The molecule has 1 aromatic carbocycles. The number of nitrogens with zero attached hydrogens (tertiary/aromatic N) is 1. The van der Waals surface area contributed by atoms with Gasteiger partial charge in [0.1, 0.15) is 0 Å². The molecule has 0 fully saturated rings. The molecule has 1 rings (SSSR count). The second-order valence-corrected chi connectivity index (χ2v) is 5.02. The molecule has 0 spiro atoms. The summed E-state index contributed by atoms with van der Waals surface area (Å²) in [5.74, 6) is 0.962. The van der Waals surface area contributed by atoms with Gasteiger partial charge in [-0.1, -0.05) is 44.2 Å². The lowest BCUT2D eigenvalue weighted by atomic mass is 10.1. The second-order valence-electron chi connectivity index (χ2n) is 5.02. The summed E-state index contributed by atoms with van der Waals surface area (Å²) in [6, 6.07) is 9.53. The molecule has 0 radical (unpaired) electrons. The Labute approximate surface area is 105 Å². The Morgan fingerprint density at radius 1 is 1.18 bits per heavy atom. The highest BCUT2D eigenvalue weighted by Crippen LogP contribution is 2.05. The number of rotatable bonds is 7. The number of carbonyl (C=O) groups is 1. The first-order valence-electron chi connectivity index (χ1n) is 6.36. The Kier molecular flexibility index (Phi) is 5.92. The van der Waals surface area contributed by atoms with Crippen molar-refractivity contribution >= 4 is 5.78 Å². The Hall–Kier alpha value is -1.15. The van der Waals surface area contributed by atoms with Crippen LogP contribution in [0, 0.1) is 5.92 Å². The Balaban J connectivity index is 2.29. The molecule has 0 unspecified atom stereocenters. The average molecular weight is 233 g/mol. The molecule has 2 heteroatoms. The molecular weight excluding hydrogens is 210 g/mol. The number of carbonyl (C=O) groups excluding carboxylic acids is 1. The molecule has 0 heterocycles. The summed E-state index contributed by atoms with van der Waals surface area (Å²) in [6.45, 7) is 6.37. The zero-order chi connectivity index (χ0) is 12.7. The van der Waals surface area contributed by atoms with Gasteiger partial charge in [-0.3, -0.25) is 4.79 Å². The van der Waals surface area contributed by atoms with Crippen LogP contribution in [0.2, 0.25) is 0 Å². The van der Waals surface area contributed by atoms with Crippen molar-refractivity contribution in [1.82, 2.24) is 4.90 Å². The molecule has 94 valence electrons. The van der Waals surface area contributed by atoms with E-state index in [1.165, 1.54) is 6.42 Å². The van der Waals surface area contributed by atoms with Crippen LogP contribution < -0.4 is 0 Å². The van der Waals surface area contributed by atoms with Crippen LogP contribution in [0.25, 0.3) is 0 Å². The maximum atomic E-state index is 11.9. The van der Waals surface area contributed by atoms with E-state index < -0.39 is 0 Å². The highest BCUT2D eigenvalue weighted by molar-refractivity contribution is 5.96. The maximum Gasteiger partial charge on any atom is 0.164 e. The summed E-state index contributed by atoms with van der Waals surface area (Å²) >= 11 is 0. The van der Waals surface area contributed by atoms with Crippen molar-refractivity contribution in [3.8, 4) is 0 Å². The maximum absolute atomic E-state index is 11.9. The van der Waals surface area contributed by atoms with Gasteiger partial charge in [-0.15, -0.1) is 0 Å². The summed E-state index contributed by atoms with van der Waals surface area (Å²) in [5, 5.41) is 0. The molecule has 17 heavy (non-hydrogen) atoms. The lowest BCUT2D eigenvalue weighted by Gasteiger charge is -2.17. The third kappa shape index (κ3) is 5.64. The van der Waals surface area contributed by atoms with Crippen LogP contribution in [0.5, 0.6) is 0 Å². The van der Waals surface area contributed by atoms with E-state index in [0.717, 1.165) is 24.6 Å². The van der Waals surface area contributed by atoms with E-state index in [0.29, 0.717) is 6.42 Å². The molecule has 0 bridgehead atoms. The first-order valence-corrected chi connectivity index (χ1v) is 6.36. The molecule has 0 saturated carbocycles. The largest absolute Gasteiger partial charge is 0.306 e. The molecule has 0 atom stereocenters. The quantitative estimate of drug-likeness (QED) is 0.674. The molecule has 0 amide bonds. The number of hydrogen-bond donors (Lipinski definition) is 0. The van der Waals surface area contributed by atoms with Crippen molar-refractivity contribution < 1.29 is 4.79 Å². The second kappa shape index (κ2) is 7.23. The molecular formula is C15H23NO. The molecule has 2 nitrogen and oxygen atoms in total. The predicted molar refractivity (Wildman–Crippen MR) is 72.3 cm³/mol. The smallest absolute Gasteiger partial charge is 0.164 e. The Morgan fingerprint density at radius 3 is 2.41 bits per heavy atom. The first-order chi connectivity index (χ1) is 8.09. The number of ketones is 1. The van der Waals surface area contributed by atoms with Crippen molar-refractivity contribution in [3.05, 3.63) is 35.9 Å². The van der Waals surface area contributed by atoms with Crippen LogP contribution in [0.1, 0.15) is 37.0 Å². The van der Waals surface area contributed by atoms with Gasteiger partial charge < -0.3 is 4.90 Å². The summed E-state index contributed by atoms with van der Waals surface area (Å²) in [5.41, 5.74) is 0.824. The standard InChI is InChI=1S/C15H23NO/c1-13(2)9-11-16(3)12-10-15(17)14-7-5-4-6-8-14/h4-8,13H,9-12H2,1-3H3. The van der Waals surface area contributed by atoms with E-state index >= 15 is 0 Å². The minimum Gasteiger partial charge on any atom is -0.306 e. The van der Waals surface area contributed by atoms with Crippen molar-refractivity contribution in [3.63, 3.8) is 0 Å². The van der Waals surface area contributed by atoms with Crippen molar-refractivity contribution in [1.29, 1.82) is 0 Å². The Morgan fingerprint density at radius 2 is 1.82 bits per heavy atom. The summed E-state index contributed by atoms with van der Waals surface area (Å²) in [7, 11) is 2.08. The van der Waals surface area contributed by atoms with Crippen LogP contribution in [0.3, 0.4) is 0 Å². The van der Waals surface area contributed by atoms with Crippen molar-refractivity contribution in [2.75, 3.05) is 20.1 Å². The average Bonchev–Trinajstić information content (AvgIpc) is 2.34. The molecule has 1 aromatic rings. The fourth-order valence-corrected chi connectivity index (χ4v) is 1.65. The van der Waals surface area contributed by atoms with Gasteiger partial charge in [-0.05, 0) is 25.9 Å². The summed E-state index contributed by atoms with van der Waals surface area (Å²) in [4.78, 5) is 14.1. The fraction of sp³-hybridized carbons (Fsp3) is 0.533. The molecule has 0 N–H and O–H groups in total. The van der Waals surface area contributed by atoms with Crippen LogP contribution in [0.4, 0.5) is 0 Å². The van der Waals surface area contributed by atoms with Crippen LogP contribution in [-0.2, 0) is 0 Å². The lowest BCUT2D eigenvalue weighted by Crippen LogP contribution is -2.24. The lowest BCUT2D eigenvalue weighted by molar-refractivity contribution is 0.0968. The van der Waals surface area contributed by atoms with Gasteiger partial charge in [0, 0.05) is 18.5 Å². The highest BCUT2D eigenvalue weighted by atomic mass is 16.1. The third-order valence-electron chi connectivity index (χ3n) is 2.90. The third-order valence-corrected chi connectivity index (χ3v) is 2.90. The monoisotopic (exact) mass is 233 g/mol. The predicted octanol–water partition coefficient (Wildman–Crippen LogP) is 3.24. The van der Waals surface area contributed by atoms with Gasteiger partial charge >= 0.3 is 0 Å². The van der Waals surface area contributed by atoms with E-state index in [2.05, 4.69) is 25.8 Å². The molecule has 0 aliphatic heterocycles. The Bertz CT molecular complexity index is 332. The summed E-state index contributed by atoms with van der Waals surface area (Å²) < 4.78 is 0. The topological polar surface area (TPSA) is 20.3 Å². The molecule has 0 aliphatic carbocycles. The SMILES string of the molecule is CC(C)CCN(C)CCC(=O)c1ccccc1. The zero-order valence-corrected chi connectivity index (χ0v) is 11.1. The van der Waals surface area contributed by atoms with Gasteiger partial charge in [0.25, 0.3) is 0 Å². The van der Waals surface area contributed by atoms with Gasteiger partial charge in [-0.25, -0.2) is 0 Å². The van der Waals surface area contributed by atoms with Crippen molar-refractivity contribution in [2.24, 2.45) is 5.92 Å². The normalized spacial score (nSPS) is 11.1. The summed E-state index contributed by atoms with van der Waals surface area (Å²) in [6.07, 6.45) is 1.80. The van der Waals surface area contributed by atoms with Gasteiger partial charge in [0.15, 0.2) is 5.78 Å². The number of benzene rings is 1. The van der Waals surface area contributed by atoms with Crippen LogP contribution in [0.15, 0.2) is 30.3 Å². The molecule has 0 aliphatic rings. The van der Waals surface area contributed by atoms with Crippen molar-refractivity contribution in [2.45, 2.75) is 26.7 Å². The van der Waals surface area contributed by atoms with Crippen LogP contribution >= 0.6 is 0 Å². The number of hydrogen-bond acceptors (Lipinski definition) is 2. The highest BCUT2D eigenvalue weighted by Gasteiger charge is 2.07. The van der Waals surface area contributed by atoms with E-state index in [-0.39, 0.29) is 5.78 Å².